The number of para-hydroxylation sites is 1. The number of anilines is 1. The van der Waals surface area contributed by atoms with E-state index in [1.165, 1.54) is 13.2 Å². The van der Waals surface area contributed by atoms with Crippen LogP contribution in [-0.2, 0) is 6.42 Å². The summed E-state index contributed by atoms with van der Waals surface area (Å²) in [4.78, 5) is 3.93. The average Bonchev–Trinajstić information content (AvgIpc) is 2.45. The molecule has 0 atom stereocenters. The zero-order valence-corrected chi connectivity index (χ0v) is 10.7. The first-order valence-electron chi connectivity index (χ1n) is 5.96. The minimum Gasteiger partial charge on any atom is -0.493 e. The van der Waals surface area contributed by atoms with E-state index in [1.807, 2.05) is 18.2 Å². The molecule has 0 amide bonds. The molecular weight excluding hydrogens is 245 g/mol. The van der Waals surface area contributed by atoms with Gasteiger partial charge in [0, 0.05) is 18.9 Å². The number of aromatic nitrogens is 1. The third-order valence-corrected chi connectivity index (χ3v) is 2.87. The number of rotatable bonds is 5. The second-order valence-electron chi connectivity index (χ2n) is 4.08. The van der Waals surface area contributed by atoms with Gasteiger partial charge in [-0.25, -0.2) is 10.2 Å². The Hall–Kier alpha value is -2.14. The summed E-state index contributed by atoms with van der Waals surface area (Å²) in [6.45, 7) is 0.559. The lowest BCUT2D eigenvalue weighted by Crippen LogP contribution is -2.32. The minimum absolute atomic E-state index is 0.283. The monoisotopic (exact) mass is 261 g/mol. The van der Waals surface area contributed by atoms with Gasteiger partial charge in [0.15, 0.2) is 11.6 Å². The molecule has 5 heteroatoms. The van der Waals surface area contributed by atoms with Gasteiger partial charge < -0.3 is 9.75 Å². The lowest BCUT2D eigenvalue weighted by atomic mass is 10.1. The van der Waals surface area contributed by atoms with Gasteiger partial charge in [0.1, 0.15) is 0 Å². The lowest BCUT2D eigenvalue weighted by Gasteiger charge is -2.19. The number of nitrogens with two attached hydrogens (primary N) is 1. The maximum Gasteiger partial charge on any atom is 0.165 e. The summed E-state index contributed by atoms with van der Waals surface area (Å²) < 4.78 is 18.6. The van der Waals surface area contributed by atoms with E-state index in [0.29, 0.717) is 13.0 Å². The molecule has 19 heavy (non-hydrogen) atoms. The molecule has 1 heterocycles. The van der Waals surface area contributed by atoms with Crippen LogP contribution in [0.3, 0.4) is 0 Å². The number of benzene rings is 1. The van der Waals surface area contributed by atoms with E-state index in [9.17, 15) is 4.39 Å². The molecule has 0 saturated carbocycles. The van der Waals surface area contributed by atoms with Gasteiger partial charge in [0.25, 0.3) is 0 Å². The van der Waals surface area contributed by atoms with Crippen LogP contribution < -0.4 is 15.6 Å². The molecule has 0 fully saturated rings. The SMILES string of the molecule is COc1c(F)cccc1CCN(N)c1ccncc1. The van der Waals surface area contributed by atoms with E-state index in [2.05, 4.69) is 4.98 Å². The molecular formula is C14H16FN3O. The molecule has 100 valence electrons. The summed E-state index contributed by atoms with van der Waals surface area (Å²) in [6, 6.07) is 8.53. The highest BCUT2D eigenvalue weighted by atomic mass is 19.1. The van der Waals surface area contributed by atoms with E-state index in [0.717, 1.165) is 11.3 Å². The van der Waals surface area contributed by atoms with Crippen LogP contribution in [0.1, 0.15) is 5.56 Å². The third kappa shape index (κ3) is 3.20. The fourth-order valence-electron chi connectivity index (χ4n) is 1.88. The summed E-state index contributed by atoms with van der Waals surface area (Å²) in [7, 11) is 1.46. The first-order chi connectivity index (χ1) is 9.22. The van der Waals surface area contributed by atoms with Gasteiger partial charge in [-0.1, -0.05) is 12.1 Å². The molecule has 0 bridgehead atoms. The molecule has 1 aromatic heterocycles. The van der Waals surface area contributed by atoms with Crippen LogP contribution in [0.4, 0.5) is 10.1 Å². The first-order valence-corrected chi connectivity index (χ1v) is 5.96. The molecule has 0 aliphatic heterocycles. The van der Waals surface area contributed by atoms with Crippen molar-refractivity contribution in [3.63, 3.8) is 0 Å². The van der Waals surface area contributed by atoms with Crippen LogP contribution in [0.15, 0.2) is 42.7 Å². The van der Waals surface area contributed by atoms with Crippen molar-refractivity contribution in [3.8, 4) is 5.75 Å². The zero-order valence-electron chi connectivity index (χ0n) is 10.7. The van der Waals surface area contributed by atoms with Crippen LogP contribution in [0.25, 0.3) is 0 Å². The van der Waals surface area contributed by atoms with Gasteiger partial charge in [-0.3, -0.25) is 4.98 Å². The van der Waals surface area contributed by atoms with Crippen molar-refractivity contribution in [1.82, 2.24) is 4.98 Å². The molecule has 0 saturated heterocycles. The van der Waals surface area contributed by atoms with Crippen molar-refractivity contribution < 1.29 is 9.13 Å². The summed E-state index contributed by atoms with van der Waals surface area (Å²) in [5, 5.41) is 1.60. The molecule has 0 spiro atoms. The normalized spacial score (nSPS) is 10.3. The Morgan fingerprint density at radius 1 is 1.26 bits per heavy atom. The Bertz CT molecular complexity index is 533. The minimum atomic E-state index is -0.354. The Kier molecular flexibility index (Phi) is 4.30. The molecule has 0 unspecified atom stereocenters. The molecule has 0 aliphatic rings. The van der Waals surface area contributed by atoms with Crippen LogP contribution >= 0.6 is 0 Å². The van der Waals surface area contributed by atoms with Gasteiger partial charge in [0.2, 0.25) is 0 Å². The summed E-state index contributed by atoms with van der Waals surface area (Å²) in [5.41, 5.74) is 1.66. The van der Waals surface area contributed by atoms with Crippen LogP contribution in [-0.4, -0.2) is 18.6 Å². The van der Waals surface area contributed by atoms with Gasteiger partial charge in [-0.15, -0.1) is 0 Å². The number of hydrogen-bond donors (Lipinski definition) is 1. The highest BCUT2D eigenvalue weighted by molar-refractivity contribution is 5.43. The average molecular weight is 261 g/mol. The largest absolute Gasteiger partial charge is 0.493 e. The van der Waals surface area contributed by atoms with Gasteiger partial charge in [-0.2, -0.15) is 0 Å². The van der Waals surface area contributed by atoms with Gasteiger partial charge >= 0.3 is 0 Å². The number of ether oxygens (including phenoxy) is 1. The molecule has 0 radical (unpaired) electrons. The molecule has 2 aromatic rings. The topological polar surface area (TPSA) is 51.4 Å². The molecule has 2 N–H and O–H groups in total. The number of hydrazine groups is 1. The maximum absolute atomic E-state index is 13.5. The van der Waals surface area contributed by atoms with E-state index in [1.54, 1.807) is 23.5 Å². The van der Waals surface area contributed by atoms with Crippen molar-refractivity contribution in [2.24, 2.45) is 5.84 Å². The van der Waals surface area contributed by atoms with Crippen LogP contribution in [0, 0.1) is 5.82 Å². The quantitative estimate of drug-likeness (QED) is 0.662. The van der Waals surface area contributed by atoms with Crippen molar-refractivity contribution in [2.75, 3.05) is 18.7 Å². The first kappa shape index (κ1) is 13.3. The Morgan fingerprint density at radius 3 is 2.68 bits per heavy atom. The summed E-state index contributed by atoms with van der Waals surface area (Å²) >= 11 is 0. The lowest BCUT2D eigenvalue weighted by molar-refractivity contribution is 0.381. The Labute approximate surface area is 111 Å². The predicted octanol–water partition coefficient (Wildman–Crippen LogP) is 2.15. The summed E-state index contributed by atoms with van der Waals surface area (Å²) in [5.74, 6) is 5.87. The third-order valence-electron chi connectivity index (χ3n) is 2.87. The number of methoxy groups -OCH3 is 1. The molecule has 2 rings (SSSR count). The molecule has 4 nitrogen and oxygen atoms in total. The summed E-state index contributed by atoms with van der Waals surface area (Å²) in [6.07, 6.45) is 3.95. The molecule has 1 aromatic carbocycles. The van der Waals surface area contributed by atoms with E-state index < -0.39 is 0 Å². The number of halogens is 1. The van der Waals surface area contributed by atoms with Crippen molar-refractivity contribution in [1.29, 1.82) is 0 Å². The predicted molar refractivity (Wildman–Crippen MR) is 72.4 cm³/mol. The van der Waals surface area contributed by atoms with Crippen LogP contribution in [0.2, 0.25) is 0 Å². The zero-order chi connectivity index (χ0) is 13.7. The van der Waals surface area contributed by atoms with Crippen molar-refractivity contribution in [2.45, 2.75) is 6.42 Å². The van der Waals surface area contributed by atoms with E-state index >= 15 is 0 Å². The number of pyridine rings is 1. The highest BCUT2D eigenvalue weighted by Gasteiger charge is 2.09. The Balaban J connectivity index is 2.05. The standard InChI is InChI=1S/C14H16FN3O/c1-19-14-11(3-2-4-13(14)15)7-10-18(16)12-5-8-17-9-6-12/h2-6,8-9H,7,10,16H2,1H3. The van der Waals surface area contributed by atoms with Crippen molar-refractivity contribution >= 4 is 5.69 Å². The van der Waals surface area contributed by atoms with Gasteiger partial charge in [-0.05, 0) is 30.2 Å². The number of nitrogens with zero attached hydrogens (tertiary/aromatic N) is 2. The second kappa shape index (κ2) is 6.15. The maximum atomic E-state index is 13.5. The fourth-order valence-corrected chi connectivity index (χ4v) is 1.88. The fraction of sp³-hybridized carbons (Fsp3) is 0.214. The van der Waals surface area contributed by atoms with Crippen LogP contribution in [0.5, 0.6) is 5.75 Å². The number of hydrogen-bond acceptors (Lipinski definition) is 4. The van der Waals surface area contributed by atoms with E-state index in [-0.39, 0.29) is 11.6 Å². The smallest absolute Gasteiger partial charge is 0.165 e. The van der Waals surface area contributed by atoms with Crippen molar-refractivity contribution in [3.05, 3.63) is 54.1 Å². The second-order valence-corrected chi connectivity index (χ2v) is 4.08. The van der Waals surface area contributed by atoms with Gasteiger partial charge in [0.05, 0.1) is 12.8 Å². The highest BCUT2D eigenvalue weighted by Crippen LogP contribution is 2.23. The Morgan fingerprint density at radius 2 is 2.00 bits per heavy atom. The van der Waals surface area contributed by atoms with E-state index in [4.69, 9.17) is 10.6 Å². The molecule has 0 aliphatic carbocycles.